The second-order valence-electron chi connectivity index (χ2n) is 12.6. The third-order valence-corrected chi connectivity index (χ3v) is 11.1. The fourth-order valence-corrected chi connectivity index (χ4v) is 8.91. The monoisotopic (exact) mass is 616 g/mol. The summed E-state index contributed by atoms with van der Waals surface area (Å²) in [6.45, 7) is 2.18. The zero-order chi connectivity index (χ0) is 31.1. The average molecular weight is 617 g/mol. The largest absolute Gasteiger partial charge is 0.355 e. The summed E-state index contributed by atoms with van der Waals surface area (Å²) >= 11 is 1.88. The molecule has 1 aliphatic rings. The summed E-state index contributed by atoms with van der Waals surface area (Å²) in [5.74, 6) is 0. The number of hydrogen-bond acceptors (Lipinski definition) is 2. The molecule has 0 bridgehead atoms. The van der Waals surface area contributed by atoms with Gasteiger partial charge in [-0.25, -0.2) is 0 Å². The number of aryl methyl sites for hydroxylation is 1. The van der Waals surface area contributed by atoms with Gasteiger partial charge in [0.25, 0.3) is 0 Å². The molecule has 1 aliphatic heterocycles. The Balaban J connectivity index is 1.37. The molecule has 4 heteroatoms. The van der Waals surface area contributed by atoms with E-state index < -0.39 is 0 Å². The van der Waals surface area contributed by atoms with Gasteiger partial charge in [-0.2, -0.15) is 0 Å². The number of rotatable bonds is 4. The minimum absolute atomic E-state index is 0.871. The van der Waals surface area contributed by atoms with Gasteiger partial charge in [0.1, 0.15) is 0 Å². The Morgan fingerprint density at radius 1 is 0.596 bits per heavy atom. The molecule has 10 rings (SSSR count). The van der Waals surface area contributed by atoms with Gasteiger partial charge in [-0.05, 0) is 77.1 Å². The van der Waals surface area contributed by atoms with Crippen LogP contribution in [0.2, 0.25) is 0 Å². The van der Waals surface area contributed by atoms with Gasteiger partial charge < -0.3 is 9.88 Å². The Labute approximate surface area is 277 Å². The summed E-state index contributed by atoms with van der Waals surface area (Å²) in [5.41, 5.74) is 15.1. The number of anilines is 2. The molecule has 0 unspecified atom stereocenters. The van der Waals surface area contributed by atoms with Crippen molar-refractivity contribution in [2.45, 2.75) is 6.92 Å². The molecule has 0 saturated heterocycles. The summed E-state index contributed by atoms with van der Waals surface area (Å²) in [6, 6.07) is 53.5. The summed E-state index contributed by atoms with van der Waals surface area (Å²) < 4.78 is 5.16. The Morgan fingerprint density at radius 3 is 2.26 bits per heavy atom. The van der Waals surface area contributed by atoms with Gasteiger partial charge in [-0.1, -0.05) is 109 Å². The zero-order valence-corrected chi connectivity index (χ0v) is 26.7. The second kappa shape index (κ2) is 10.2. The van der Waals surface area contributed by atoms with E-state index in [0.29, 0.717) is 0 Å². The van der Waals surface area contributed by atoms with E-state index in [1.165, 1.54) is 86.4 Å². The maximum Gasteiger partial charge on any atom is 0.198 e. The predicted molar refractivity (Wildman–Crippen MR) is 205 cm³/mol. The van der Waals surface area contributed by atoms with Crippen LogP contribution in [0.1, 0.15) is 5.56 Å². The number of aromatic nitrogens is 1. The lowest BCUT2D eigenvalue weighted by atomic mass is 9.58. The highest BCUT2D eigenvalue weighted by Crippen LogP contribution is 2.46. The number of nitrogens with zero attached hydrogens (tertiary/aromatic N) is 1. The van der Waals surface area contributed by atoms with E-state index in [1.807, 2.05) is 11.3 Å². The molecule has 7 aromatic carbocycles. The van der Waals surface area contributed by atoms with Crippen LogP contribution in [0.3, 0.4) is 0 Å². The van der Waals surface area contributed by atoms with Crippen LogP contribution in [0.25, 0.3) is 69.9 Å². The lowest BCUT2D eigenvalue weighted by Gasteiger charge is -2.26. The van der Waals surface area contributed by atoms with Crippen molar-refractivity contribution in [3.63, 3.8) is 0 Å². The third kappa shape index (κ3) is 3.98. The normalized spacial score (nSPS) is 12.1. The van der Waals surface area contributed by atoms with Crippen molar-refractivity contribution in [2.75, 3.05) is 5.32 Å². The minimum atomic E-state index is 0.871. The van der Waals surface area contributed by atoms with E-state index in [1.54, 1.807) is 0 Å². The Morgan fingerprint density at radius 2 is 1.36 bits per heavy atom. The maximum absolute atomic E-state index is 3.91. The fraction of sp³-hybridized carbons (Fsp3) is 0.0233. The Kier molecular flexibility index (Phi) is 5.79. The first-order chi connectivity index (χ1) is 23.2. The standard InChI is InChI=1S/C43H29BN2S/c1-26-12-5-8-19-34(26)45-35-22-23-39-41(31-16-7-10-21-38(31)47-39)40(35)32-24-28(27-13-3-2-4-14-27)25-37-42(32)44-33-18-11-17-30-29-15-6-9-20-36(29)46(37)43(30)33/h2-25,44-45H,1H3. The molecular weight excluding hydrogens is 587 g/mol. The first kappa shape index (κ1) is 26.6. The Bertz CT molecular complexity index is 2700. The smallest absolute Gasteiger partial charge is 0.198 e. The molecule has 0 atom stereocenters. The fourth-order valence-electron chi connectivity index (χ4n) is 7.79. The van der Waals surface area contributed by atoms with Gasteiger partial charge in [0.2, 0.25) is 0 Å². The molecule has 3 heterocycles. The van der Waals surface area contributed by atoms with Crippen LogP contribution in [-0.4, -0.2) is 11.8 Å². The highest BCUT2D eigenvalue weighted by atomic mass is 32.1. The van der Waals surface area contributed by atoms with Gasteiger partial charge in [0.05, 0.1) is 5.52 Å². The number of nitrogens with one attached hydrogen (secondary N) is 1. The molecule has 220 valence electrons. The lowest BCUT2D eigenvalue weighted by molar-refractivity contribution is 1.19. The van der Waals surface area contributed by atoms with Crippen molar-refractivity contribution in [3.05, 3.63) is 151 Å². The highest BCUT2D eigenvalue weighted by molar-refractivity contribution is 7.26. The summed E-state index contributed by atoms with van der Waals surface area (Å²) in [7, 11) is 0.871. The number of thiophene rings is 1. The van der Waals surface area contributed by atoms with Crippen molar-refractivity contribution in [1.82, 2.24) is 4.57 Å². The van der Waals surface area contributed by atoms with Crippen LogP contribution in [0.5, 0.6) is 0 Å². The average Bonchev–Trinajstić information content (AvgIpc) is 3.67. The molecule has 0 fully saturated rings. The summed E-state index contributed by atoms with van der Waals surface area (Å²) in [5, 5.41) is 9.16. The van der Waals surface area contributed by atoms with Crippen molar-refractivity contribution >= 4 is 82.9 Å². The summed E-state index contributed by atoms with van der Waals surface area (Å²) in [6.07, 6.45) is 0. The SMILES string of the molecule is Cc1ccccc1Nc1ccc2sc3ccccc3c2c1-c1cc(-c2ccccc2)cc2c1Bc1cccc3c4ccccc4n-2c13. The number of fused-ring (bicyclic) bond motifs is 8. The van der Waals surface area contributed by atoms with E-state index in [2.05, 4.69) is 162 Å². The van der Waals surface area contributed by atoms with Crippen molar-refractivity contribution < 1.29 is 0 Å². The van der Waals surface area contributed by atoms with E-state index >= 15 is 0 Å². The van der Waals surface area contributed by atoms with E-state index in [4.69, 9.17) is 0 Å². The number of hydrogen-bond donors (Lipinski definition) is 1. The van der Waals surface area contributed by atoms with Gasteiger partial charge in [-0.15, -0.1) is 11.3 Å². The van der Waals surface area contributed by atoms with Crippen LogP contribution < -0.4 is 16.2 Å². The molecular formula is C43H29BN2S. The van der Waals surface area contributed by atoms with Crippen molar-refractivity contribution in [3.8, 4) is 27.9 Å². The van der Waals surface area contributed by atoms with Gasteiger partial charge in [0.15, 0.2) is 7.28 Å². The van der Waals surface area contributed by atoms with Crippen LogP contribution in [0.4, 0.5) is 11.4 Å². The first-order valence-corrected chi connectivity index (χ1v) is 17.1. The Hall–Kier alpha value is -5.58. The van der Waals surface area contributed by atoms with Crippen LogP contribution >= 0.6 is 11.3 Å². The summed E-state index contributed by atoms with van der Waals surface area (Å²) in [4.78, 5) is 0. The van der Waals surface area contributed by atoms with Gasteiger partial charge in [-0.3, -0.25) is 0 Å². The topological polar surface area (TPSA) is 17.0 Å². The molecule has 0 amide bonds. The highest BCUT2D eigenvalue weighted by Gasteiger charge is 2.28. The maximum atomic E-state index is 3.91. The minimum Gasteiger partial charge on any atom is -0.355 e. The molecule has 47 heavy (non-hydrogen) atoms. The predicted octanol–water partition coefficient (Wildman–Crippen LogP) is 10.2. The first-order valence-electron chi connectivity index (χ1n) is 16.2. The van der Waals surface area contributed by atoms with Crippen molar-refractivity contribution in [1.29, 1.82) is 0 Å². The van der Waals surface area contributed by atoms with Crippen LogP contribution in [-0.2, 0) is 0 Å². The van der Waals surface area contributed by atoms with E-state index in [9.17, 15) is 0 Å². The molecule has 2 nitrogen and oxygen atoms in total. The van der Waals surface area contributed by atoms with Gasteiger partial charge in [0, 0.05) is 59.1 Å². The molecule has 0 aliphatic carbocycles. The number of benzene rings is 7. The molecule has 2 aromatic heterocycles. The van der Waals surface area contributed by atoms with E-state index in [-0.39, 0.29) is 0 Å². The molecule has 1 N–H and O–H groups in total. The third-order valence-electron chi connectivity index (χ3n) is 9.95. The van der Waals surface area contributed by atoms with E-state index in [0.717, 1.165) is 18.7 Å². The molecule has 0 spiro atoms. The molecule has 0 saturated carbocycles. The number of para-hydroxylation sites is 3. The quantitative estimate of drug-likeness (QED) is 0.195. The molecule has 0 radical (unpaired) electrons. The van der Waals surface area contributed by atoms with Gasteiger partial charge >= 0.3 is 0 Å². The zero-order valence-electron chi connectivity index (χ0n) is 25.9. The van der Waals surface area contributed by atoms with Crippen molar-refractivity contribution in [2.24, 2.45) is 0 Å². The van der Waals surface area contributed by atoms with Crippen LogP contribution in [0.15, 0.2) is 146 Å². The molecule has 9 aromatic rings. The second-order valence-corrected chi connectivity index (χ2v) is 13.7. The van der Waals surface area contributed by atoms with Crippen LogP contribution in [0, 0.1) is 6.92 Å². The lowest BCUT2D eigenvalue weighted by Crippen LogP contribution is -2.37.